The summed E-state index contributed by atoms with van der Waals surface area (Å²) in [6.07, 6.45) is 3.77. The van der Waals surface area contributed by atoms with Gasteiger partial charge in [0.15, 0.2) is 0 Å². The first kappa shape index (κ1) is 16.3. The van der Waals surface area contributed by atoms with Gasteiger partial charge >= 0.3 is 0 Å². The van der Waals surface area contributed by atoms with Crippen LogP contribution in [0, 0.1) is 6.92 Å². The van der Waals surface area contributed by atoms with E-state index in [1.165, 1.54) is 11.1 Å². The van der Waals surface area contributed by atoms with Crippen molar-refractivity contribution in [3.63, 3.8) is 0 Å². The fourth-order valence-electron chi connectivity index (χ4n) is 2.83. The molecule has 0 spiro atoms. The van der Waals surface area contributed by atoms with E-state index in [0.29, 0.717) is 0 Å². The van der Waals surface area contributed by atoms with Crippen LogP contribution in [0.4, 0.5) is 0 Å². The number of hydrogen-bond acceptors (Lipinski definition) is 3. The average molecular weight is 321 g/mol. The summed E-state index contributed by atoms with van der Waals surface area (Å²) in [6.45, 7) is 5.01. The normalized spacial score (nSPS) is 12.1. The average Bonchev–Trinajstić information content (AvgIpc) is 3.15. The monoisotopic (exact) mass is 321 g/mol. The third-order valence-electron chi connectivity index (χ3n) is 4.24. The van der Waals surface area contributed by atoms with Crippen molar-refractivity contribution in [3.8, 4) is 11.4 Å². The molecule has 4 heteroatoms. The van der Waals surface area contributed by atoms with Crippen molar-refractivity contribution in [3.05, 3.63) is 77.6 Å². The van der Waals surface area contributed by atoms with Gasteiger partial charge in [-0.1, -0.05) is 30.3 Å². The van der Waals surface area contributed by atoms with E-state index in [9.17, 15) is 0 Å². The highest BCUT2D eigenvalue weighted by atomic mass is 16.5. The fraction of sp³-hybridized carbons (Fsp3) is 0.250. The van der Waals surface area contributed by atoms with E-state index in [-0.39, 0.29) is 6.04 Å². The molecule has 0 radical (unpaired) electrons. The molecule has 1 atom stereocenters. The highest BCUT2D eigenvalue weighted by Gasteiger charge is 2.11. The number of nitrogens with zero attached hydrogens (tertiary/aromatic N) is 2. The van der Waals surface area contributed by atoms with Crippen LogP contribution in [0.3, 0.4) is 0 Å². The molecule has 0 aliphatic rings. The quantitative estimate of drug-likeness (QED) is 0.745. The molecule has 0 aliphatic carbocycles. The topological polar surface area (TPSA) is 39.1 Å². The lowest BCUT2D eigenvalue weighted by molar-refractivity contribution is 0.410. The SMILES string of the molecule is COc1cc(CNC(C)c2ccccc2-n2cccn2)ccc1C. The maximum absolute atomic E-state index is 5.41. The summed E-state index contributed by atoms with van der Waals surface area (Å²) < 4.78 is 7.31. The van der Waals surface area contributed by atoms with Crippen molar-refractivity contribution in [1.82, 2.24) is 15.1 Å². The van der Waals surface area contributed by atoms with Gasteiger partial charge in [0.05, 0.1) is 12.8 Å². The van der Waals surface area contributed by atoms with Crippen LogP contribution in [0.2, 0.25) is 0 Å². The summed E-state index contributed by atoms with van der Waals surface area (Å²) in [5.41, 5.74) is 4.68. The van der Waals surface area contributed by atoms with Crippen molar-refractivity contribution in [2.75, 3.05) is 7.11 Å². The first-order valence-corrected chi connectivity index (χ1v) is 8.15. The molecule has 0 aliphatic heterocycles. The predicted octanol–water partition coefficient (Wildman–Crippen LogP) is 4.04. The van der Waals surface area contributed by atoms with Crippen LogP contribution >= 0.6 is 0 Å². The molecule has 4 nitrogen and oxygen atoms in total. The zero-order valence-corrected chi connectivity index (χ0v) is 14.4. The highest BCUT2D eigenvalue weighted by molar-refractivity contribution is 5.42. The van der Waals surface area contributed by atoms with Crippen molar-refractivity contribution in [2.24, 2.45) is 0 Å². The van der Waals surface area contributed by atoms with E-state index >= 15 is 0 Å². The summed E-state index contributed by atoms with van der Waals surface area (Å²) in [4.78, 5) is 0. The Kier molecular flexibility index (Phi) is 4.96. The Morgan fingerprint density at radius 3 is 2.75 bits per heavy atom. The number of nitrogens with one attached hydrogen (secondary N) is 1. The fourth-order valence-corrected chi connectivity index (χ4v) is 2.83. The number of aromatic nitrogens is 2. The largest absolute Gasteiger partial charge is 0.496 e. The third-order valence-corrected chi connectivity index (χ3v) is 4.24. The number of methoxy groups -OCH3 is 1. The number of para-hydroxylation sites is 1. The van der Waals surface area contributed by atoms with Crippen LogP contribution in [0.1, 0.15) is 29.7 Å². The van der Waals surface area contributed by atoms with Gasteiger partial charge in [0.1, 0.15) is 5.75 Å². The molecule has 0 saturated carbocycles. The van der Waals surface area contributed by atoms with Crippen molar-refractivity contribution >= 4 is 0 Å². The van der Waals surface area contributed by atoms with E-state index in [4.69, 9.17) is 4.74 Å². The number of rotatable bonds is 6. The maximum atomic E-state index is 5.41. The molecule has 24 heavy (non-hydrogen) atoms. The summed E-state index contributed by atoms with van der Waals surface area (Å²) in [5.74, 6) is 0.930. The van der Waals surface area contributed by atoms with Crippen LogP contribution in [0.25, 0.3) is 5.69 Å². The molecule has 3 aromatic rings. The van der Waals surface area contributed by atoms with Gasteiger partial charge < -0.3 is 10.1 Å². The molecule has 0 saturated heterocycles. The summed E-state index contributed by atoms with van der Waals surface area (Å²) >= 11 is 0. The predicted molar refractivity (Wildman–Crippen MR) is 96.5 cm³/mol. The van der Waals surface area contributed by atoms with Crippen LogP contribution in [0.15, 0.2) is 60.9 Å². The van der Waals surface area contributed by atoms with E-state index < -0.39 is 0 Å². The van der Waals surface area contributed by atoms with Gasteiger partial charge in [0.25, 0.3) is 0 Å². The van der Waals surface area contributed by atoms with Gasteiger partial charge in [-0.2, -0.15) is 5.10 Å². The Morgan fingerprint density at radius 1 is 1.17 bits per heavy atom. The van der Waals surface area contributed by atoms with Crippen molar-refractivity contribution < 1.29 is 4.74 Å². The van der Waals surface area contributed by atoms with Gasteiger partial charge in [0.2, 0.25) is 0 Å². The Morgan fingerprint density at radius 2 is 2.00 bits per heavy atom. The lowest BCUT2D eigenvalue weighted by Gasteiger charge is -2.18. The summed E-state index contributed by atoms with van der Waals surface area (Å²) in [5, 5.41) is 7.94. The molecule has 1 aromatic heterocycles. The van der Waals surface area contributed by atoms with E-state index in [2.05, 4.69) is 60.7 Å². The highest BCUT2D eigenvalue weighted by Crippen LogP contribution is 2.23. The molecular formula is C20H23N3O. The minimum Gasteiger partial charge on any atom is -0.496 e. The number of benzene rings is 2. The minimum atomic E-state index is 0.206. The lowest BCUT2D eigenvalue weighted by Crippen LogP contribution is -2.19. The van der Waals surface area contributed by atoms with E-state index in [1.807, 2.05) is 23.0 Å². The van der Waals surface area contributed by atoms with Crippen LogP contribution in [-0.4, -0.2) is 16.9 Å². The first-order chi connectivity index (χ1) is 11.7. The number of hydrogen-bond donors (Lipinski definition) is 1. The number of ether oxygens (including phenoxy) is 1. The van der Waals surface area contributed by atoms with Gasteiger partial charge in [0, 0.05) is 25.0 Å². The summed E-state index contributed by atoms with van der Waals surface area (Å²) in [7, 11) is 1.71. The lowest BCUT2D eigenvalue weighted by atomic mass is 10.1. The molecule has 124 valence electrons. The number of aryl methyl sites for hydroxylation is 1. The molecule has 1 unspecified atom stereocenters. The maximum Gasteiger partial charge on any atom is 0.122 e. The molecule has 0 fully saturated rings. The van der Waals surface area contributed by atoms with Crippen molar-refractivity contribution in [2.45, 2.75) is 26.4 Å². The Bertz CT molecular complexity index is 796. The Labute approximate surface area is 143 Å². The van der Waals surface area contributed by atoms with Crippen molar-refractivity contribution in [1.29, 1.82) is 0 Å². The third kappa shape index (κ3) is 3.49. The second-order valence-corrected chi connectivity index (χ2v) is 5.92. The van der Waals surface area contributed by atoms with Gasteiger partial charge in [-0.3, -0.25) is 0 Å². The van der Waals surface area contributed by atoms with Crippen LogP contribution in [-0.2, 0) is 6.54 Å². The zero-order chi connectivity index (χ0) is 16.9. The second-order valence-electron chi connectivity index (χ2n) is 5.92. The zero-order valence-electron chi connectivity index (χ0n) is 14.4. The minimum absolute atomic E-state index is 0.206. The van der Waals surface area contributed by atoms with Crippen LogP contribution in [0.5, 0.6) is 5.75 Å². The first-order valence-electron chi connectivity index (χ1n) is 8.15. The standard InChI is InChI=1S/C20H23N3O/c1-15-9-10-17(13-20(15)24-3)14-21-16(2)18-7-4-5-8-19(18)23-12-6-11-22-23/h4-13,16,21H,14H2,1-3H3. The Hall–Kier alpha value is -2.59. The molecule has 1 heterocycles. The Balaban J connectivity index is 1.75. The smallest absolute Gasteiger partial charge is 0.122 e. The molecule has 0 bridgehead atoms. The van der Waals surface area contributed by atoms with Gasteiger partial charge in [-0.25, -0.2) is 4.68 Å². The molecule has 2 aromatic carbocycles. The van der Waals surface area contributed by atoms with Gasteiger partial charge in [-0.05, 0) is 48.7 Å². The molecular weight excluding hydrogens is 298 g/mol. The van der Waals surface area contributed by atoms with Crippen LogP contribution < -0.4 is 10.1 Å². The summed E-state index contributed by atoms with van der Waals surface area (Å²) in [6, 6.07) is 16.8. The second kappa shape index (κ2) is 7.32. The van der Waals surface area contributed by atoms with E-state index in [0.717, 1.165) is 23.5 Å². The molecule has 1 N–H and O–H groups in total. The molecule has 3 rings (SSSR count). The molecule has 0 amide bonds. The van der Waals surface area contributed by atoms with Gasteiger partial charge in [-0.15, -0.1) is 0 Å². The van der Waals surface area contributed by atoms with E-state index in [1.54, 1.807) is 13.3 Å².